The van der Waals surface area contributed by atoms with Gasteiger partial charge in [0.2, 0.25) is 0 Å². The van der Waals surface area contributed by atoms with Gasteiger partial charge in [-0.2, -0.15) is 0 Å². The van der Waals surface area contributed by atoms with Crippen LogP contribution in [0.2, 0.25) is 6.04 Å². The Kier molecular flexibility index (Phi) is 0.875. The van der Waals surface area contributed by atoms with Crippen molar-refractivity contribution in [3.63, 3.8) is 0 Å². The third-order valence-corrected chi connectivity index (χ3v) is 3.28. The third kappa shape index (κ3) is 0.608. The monoisotopic (exact) mass is 104 g/mol. The normalized spacial score (nSPS) is 20.6. The van der Waals surface area contributed by atoms with Crippen LogP contribution < -0.4 is 0 Å². The summed E-state index contributed by atoms with van der Waals surface area (Å²) >= 11 is 5.60. The van der Waals surface area contributed by atoms with Crippen LogP contribution in [-0.2, 0) is 0 Å². The van der Waals surface area contributed by atoms with Crippen molar-refractivity contribution in [2.75, 3.05) is 0 Å². The molecule has 0 spiro atoms. The first kappa shape index (κ1) is 3.56. The first-order valence-electron chi connectivity index (χ1n) is 1.74. The summed E-state index contributed by atoms with van der Waals surface area (Å²) < 4.78 is 0. The molecule has 1 aliphatic heterocycles. The van der Waals surface area contributed by atoms with Crippen molar-refractivity contribution < 1.29 is 0 Å². The molecule has 5 heavy (non-hydrogen) atoms. The number of hydrogen-bond donors (Lipinski definition) is 0. The molecule has 0 bridgehead atoms. The number of halogens is 1. The molecule has 1 rings (SSSR count). The van der Waals surface area contributed by atoms with Crippen molar-refractivity contribution >= 4 is 24.5 Å². The summed E-state index contributed by atoms with van der Waals surface area (Å²) in [4.78, 5) is 0. The van der Waals surface area contributed by atoms with E-state index in [1.165, 1.54) is 12.5 Å². The van der Waals surface area contributed by atoms with Crippen molar-refractivity contribution in [2.24, 2.45) is 0 Å². The standard InChI is InChI=1S/C3H5ClSi/c4-5-2-1-3-5/h2H,1,3H2. The van der Waals surface area contributed by atoms with E-state index in [1.807, 2.05) is 0 Å². The summed E-state index contributed by atoms with van der Waals surface area (Å²) in [6, 6.07) is 1.30. The topological polar surface area (TPSA) is 0 Å². The molecule has 0 fully saturated rings. The van der Waals surface area contributed by atoms with Gasteiger partial charge in [0.25, 0.3) is 0 Å². The van der Waals surface area contributed by atoms with Crippen molar-refractivity contribution in [2.45, 2.75) is 12.5 Å². The van der Waals surface area contributed by atoms with Gasteiger partial charge in [0.15, 0.2) is 0 Å². The molecule has 1 aliphatic rings. The fraction of sp³-hybridized carbons (Fsp3) is 0.667. The molecule has 0 atom stereocenters. The number of rotatable bonds is 0. The molecule has 0 aromatic rings. The first-order chi connectivity index (χ1) is 2.39. The van der Waals surface area contributed by atoms with Crippen molar-refractivity contribution in [1.82, 2.24) is 0 Å². The van der Waals surface area contributed by atoms with Crippen LogP contribution in [0.1, 0.15) is 6.42 Å². The van der Waals surface area contributed by atoms with Crippen molar-refractivity contribution in [1.29, 1.82) is 0 Å². The lowest BCUT2D eigenvalue weighted by atomic mass is 10.6. The SMILES string of the molecule is Cl[Si]1=CCC1. The molecule has 0 aromatic heterocycles. The fourth-order valence-corrected chi connectivity index (χ4v) is 1.41. The van der Waals surface area contributed by atoms with E-state index in [-0.39, 0.29) is 7.72 Å². The van der Waals surface area contributed by atoms with Gasteiger partial charge >= 0.3 is 0 Å². The van der Waals surface area contributed by atoms with E-state index < -0.39 is 0 Å². The second-order valence-electron chi connectivity index (χ2n) is 1.19. The number of hydrogen-bond acceptors (Lipinski definition) is 0. The average molecular weight is 105 g/mol. The molecular formula is C3H5ClSi. The molecule has 0 aromatic carbocycles. The molecular weight excluding hydrogens is 99.6 g/mol. The fourth-order valence-electron chi connectivity index (χ4n) is 0.253. The minimum atomic E-state index is -0.346. The van der Waals surface area contributed by atoms with Gasteiger partial charge < -0.3 is 0 Å². The van der Waals surface area contributed by atoms with Crippen molar-refractivity contribution in [3.05, 3.63) is 0 Å². The summed E-state index contributed by atoms with van der Waals surface area (Å²) in [7, 11) is -0.346. The van der Waals surface area contributed by atoms with Crippen LogP contribution in [0.25, 0.3) is 0 Å². The highest BCUT2D eigenvalue weighted by molar-refractivity contribution is 7.10. The Labute approximate surface area is 37.7 Å². The average Bonchev–Trinajstić information content (AvgIpc) is 1.30. The van der Waals surface area contributed by atoms with Gasteiger partial charge in [-0.05, 0) is 12.5 Å². The van der Waals surface area contributed by atoms with Gasteiger partial charge in [0.05, 0.1) is 0 Å². The van der Waals surface area contributed by atoms with Crippen LogP contribution in [0.5, 0.6) is 0 Å². The van der Waals surface area contributed by atoms with E-state index in [0.29, 0.717) is 0 Å². The highest BCUT2D eigenvalue weighted by Gasteiger charge is 1.99. The molecule has 0 radical (unpaired) electrons. The zero-order valence-corrected chi connectivity index (χ0v) is 4.63. The molecule has 0 unspecified atom stereocenters. The van der Waals surface area contributed by atoms with E-state index in [1.54, 1.807) is 0 Å². The molecule has 0 nitrogen and oxygen atoms in total. The van der Waals surface area contributed by atoms with Gasteiger partial charge in [-0.15, -0.1) is 11.1 Å². The van der Waals surface area contributed by atoms with Crippen LogP contribution in [0.3, 0.4) is 0 Å². The molecule has 0 saturated carbocycles. The van der Waals surface area contributed by atoms with Crippen LogP contribution in [0.15, 0.2) is 0 Å². The maximum absolute atomic E-state index is 5.60. The van der Waals surface area contributed by atoms with Gasteiger partial charge in [0, 0.05) is 0 Å². The predicted molar refractivity (Wildman–Crippen MR) is 27.1 cm³/mol. The Morgan fingerprint density at radius 1 is 1.80 bits per heavy atom. The Bertz CT molecular complexity index is 67.3. The maximum atomic E-state index is 5.60. The third-order valence-electron chi connectivity index (χ3n) is 0.749. The van der Waals surface area contributed by atoms with Gasteiger partial charge in [-0.1, -0.05) is 5.67 Å². The summed E-state index contributed by atoms with van der Waals surface area (Å²) in [6.45, 7) is 0. The minimum absolute atomic E-state index is 0.346. The summed E-state index contributed by atoms with van der Waals surface area (Å²) in [5.74, 6) is 0. The Balaban J connectivity index is 2.51. The zero-order chi connectivity index (χ0) is 3.70. The molecule has 0 aliphatic carbocycles. The molecule has 1 heterocycles. The van der Waals surface area contributed by atoms with E-state index in [4.69, 9.17) is 11.1 Å². The van der Waals surface area contributed by atoms with Gasteiger partial charge in [0.1, 0.15) is 7.72 Å². The first-order valence-corrected chi connectivity index (χ1v) is 4.54. The van der Waals surface area contributed by atoms with E-state index in [0.717, 1.165) is 0 Å². The summed E-state index contributed by atoms with van der Waals surface area (Å²) in [6.07, 6.45) is 1.28. The van der Waals surface area contributed by atoms with E-state index in [9.17, 15) is 0 Å². The zero-order valence-electron chi connectivity index (χ0n) is 2.87. The van der Waals surface area contributed by atoms with Crippen LogP contribution in [0.4, 0.5) is 0 Å². The van der Waals surface area contributed by atoms with Gasteiger partial charge in [-0.3, -0.25) is 0 Å². The smallest absolute Gasteiger partial charge is 0.120 e. The molecule has 28 valence electrons. The van der Waals surface area contributed by atoms with E-state index in [2.05, 4.69) is 5.67 Å². The molecule has 0 saturated heterocycles. The maximum Gasteiger partial charge on any atom is 0.120 e. The van der Waals surface area contributed by atoms with Crippen LogP contribution in [0, 0.1) is 0 Å². The van der Waals surface area contributed by atoms with Crippen molar-refractivity contribution in [3.8, 4) is 0 Å². The van der Waals surface area contributed by atoms with Gasteiger partial charge in [-0.25, -0.2) is 0 Å². The lowest BCUT2D eigenvalue weighted by molar-refractivity contribution is 1.29. The van der Waals surface area contributed by atoms with Crippen LogP contribution >= 0.6 is 11.1 Å². The quantitative estimate of drug-likeness (QED) is 0.318. The molecule has 0 amide bonds. The minimum Gasteiger partial charge on any atom is -0.139 e. The highest BCUT2D eigenvalue weighted by Crippen LogP contribution is 2.01. The molecule has 0 N–H and O–H groups in total. The second-order valence-corrected chi connectivity index (χ2v) is 4.45. The Hall–Kier alpha value is 0.377. The lowest BCUT2D eigenvalue weighted by Crippen LogP contribution is -2.05. The second kappa shape index (κ2) is 1.23. The van der Waals surface area contributed by atoms with E-state index >= 15 is 0 Å². The predicted octanol–water partition coefficient (Wildman–Crippen LogP) is 1.00. The highest BCUT2D eigenvalue weighted by atomic mass is 35.6. The lowest BCUT2D eigenvalue weighted by Gasteiger charge is -2.00. The summed E-state index contributed by atoms with van der Waals surface area (Å²) in [5.41, 5.74) is 2.21. The summed E-state index contributed by atoms with van der Waals surface area (Å²) in [5, 5.41) is 0. The van der Waals surface area contributed by atoms with Crippen LogP contribution in [-0.4, -0.2) is 13.4 Å². The Morgan fingerprint density at radius 2 is 2.20 bits per heavy atom. The largest absolute Gasteiger partial charge is 0.139 e. The Morgan fingerprint density at radius 3 is 2.20 bits per heavy atom. The molecule has 2 heteroatoms.